The van der Waals surface area contributed by atoms with E-state index in [1.165, 1.54) is 0 Å². The van der Waals surface area contributed by atoms with Gasteiger partial charge in [-0.05, 0) is 31.0 Å². The van der Waals surface area contributed by atoms with E-state index in [4.69, 9.17) is 9.47 Å². The van der Waals surface area contributed by atoms with E-state index < -0.39 is 0 Å². The smallest absolute Gasteiger partial charge is 0.127 e. The first-order chi connectivity index (χ1) is 9.73. The second kappa shape index (κ2) is 8.85. The minimum absolute atomic E-state index is 0.274. The van der Waals surface area contributed by atoms with Crippen LogP contribution in [0.2, 0.25) is 0 Å². The van der Waals surface area contributed by atoms with Crippen molar-refractivity contribution in [2.45, 2.75) is 46.1 Å². The van der Waals surface area contributed by atoms with Gasteiger partial charge in [0.25, 0.3) is 0 Å². The summed E-state index contributed by atoms with van der Waals surface area (Å²) in [5, 5.41) is 3.68. The van der Waals surface area contributed by atoms with Crippen molar-refractivity contribution < 1.29 is 9.47 Å². The lowest BCUT2D eigenvalue weighted by molar-refractivity contribution is 0.310. The zero-order valence-corrected chi connectivity index (χ0v) is 13.5. The summed E-state index contributed by atoms with van der Waals surface area (Å²) >= 11 is 0. The Bertz CT molecular complexity index is 366. The molecule has 114 valence electrons. The SMILES string of the molecule is CCCNC(c1c(OC)cccc1OC)C(CC)CC. The maximum atomic E-state index is 5.57. The van der Waals surface area contributed by atoms with Gasteiger partial charge in [-0.1, -0.05) is 39.7 Å². The van der Waals surface area contributed by atoms with Crippen molar-refractivity contribution in [3.05, 3.63) is 23.8 Å². The van der Waals surface area contributed by atoms with Crippen LogP contribution in [0.3, 0.4) is 0 Å². The molecule has 1 aromatic carbocycles. The monoisotopic (exact) mass is 279 g/mol. The molecule has 1 unspecified atom stereocenters. The van der Waals surface area contributed by atoms with Crippen molar-refractivity contribution in [2.24, 2.45) is 5.92 Å². The largest absolute Gasteiger partial charge is 0.496 e. The van der Waals surface area contributed by atoms with E-state index in [0.29, 0.717) is 5.92 Å². The Balaban J connectivity index is 3.23. The molecule has 3 heteroatoms. The highest BCUT2D eigenvalue weighted by Gasteiger charge is 2.26. The number of hydrogen-bond donors (Lipinski definition) is 1. The zero-order valence-electron chi connectivity index (χ0n) is 13.5. The van der Waals surface area contributed by atoms with E-state index >= 15 is 0 Å². The predicted molar refractivity (Wildman–Crippen MR) is 84.7 cm³/mol. The van der Waals surface area contributed by atoms with E-state index in [2.05, 4.69) is 26.1 Å². The summed E-state index contributed by atoms with van der Waals surface area (Å²) < 4.78 is 11.1. The highest BCUT2D eigenvalue weighted by atomic mass is 16.5. The van der Waals surface area contributed by atoms with Crippen LogP contribution in [-0.2, 0) is 0 Å². The summed E-state index contributed by atoms with van der Waals surface area (Å²) in [4.78, 5) is 0. The Morgan fingerprint density at radius 3 is 1.95 bits per heavy atom. The molecule has 0 heterocycles. The zero-order chi connectivity index (χ0) is 15.0. The molecule has 3 nitrogen and oxygen atoms in total. The summed E-state index contributed by atoms with van der Waals surface area (Å²) in [6.45, 7) is 7.69. The molecule has 0 saturated heterocycles. The minimum atomic E-state index is 0.274. The number of hydrogen-bond acceptors (Lipinski definition) is 3. The third-order valence-electron chi connectivity index (χ3n) is 3.91. The summed E-state index contributed by atoms with van der Waals surface area (Å²) in [5.74, 6) is 2.39. The quantitative estimate of drug-likeness (QED) is 0.735. The first-order valence-electron chi connectivity index (χ1n) is 7.67. The van der Waals surface area contributed by atoms with Gasteiger partial charge in [-0.25, -0.2) is 0 Å². The minimum Gasteiger partial charge on any atom is -0.496 e. The van der Waals surface area contributed by atoms with Crippen LogP contribution in [-0.4, -0.2) is 20.8 Å². The van der Waals surface area contributed by atoms with Crippen LogP contribution in [0.25, 0.3) is 0 Å². The van der Waals surface area contributed by atoms with Gasteiger partial charge in [0.15, 0.2) is 0 Å². The first-order valence-corrected chi connectivity index (χ1v) is 7.67. The molecule has 0 saturated carbocycles. The van der Waals surface area contributed by atoms with Gasteiger partial charge in [0, 0.05) is 6.04 Å². The second-order valence-electron chi connectivity index (χ2n) is 5.08. The Morgan fingerprint density at radius 2 is 1.55 bits per heavy atom. The van der Waals surface area contributed by atoms with Crippen molar-refractivity contribution in [3.63, 3.8) is 0 Å². The topological polar surface area (TPSA) is 30.5 Å². The van der Waals surface area contributed by atoms with Crippen molar-refractivity contribution >= 4 is 0 Å². The molecule has 1 rings (SSSR count). The van der Waals surface area contributed by atoms with Crippen LogP contribution in [0.4, 0.5) is 0 Å². The van der Waals surface area contributed by atoms with Crippen LogP contribution in [0.5, 0.6) is 11.5 Å². The molecule has 0 fully saturated rings. The van der Waals surface area contributed by atoms with Gasteiger partial charge < -0.3 is 14.8 Å². The van der Waals surface area contributed by atoms with E-state index in [0.717, 1.165) is 42.9 Å². The standard InChI is InChI=1S/C17H29NO2/c1-6-12-18-17(13(7-2)8-3)16-14(19-4)10-9-11-15(16)20-5/h9-11,13,17-18H,6-8,12H2,1-5H3. The molecule has 0 aromatic heterocycles. The second-order valence-corrected chi connectivity index (χ2v) is 5.08. The van der Waals surface area contributed by atoms with Gasteiger partial charge in [-0.2, -0.15) is 0 Å². The predicted octanol–water partition coefficient (Wildman–Crippen LogP) is 4.18. The average Bonchev–Trinajstić information content (AvgIpc) is 2.50. The summed E-state index contributed by atoms with van der Waals surface area (Å²) in [6.07, 6.45) is 3.40. The molecule has 20 heavy (non-hydrogen) atoms. The molecular weight excluding hydrogens is 250 g/mol. The van der Waals surface area contributed by atoms with Gasteiger partial charge in [0.05, 0.1) is 19.8 Å². The van der Waals surface area contributed by atoms with Crippen LogP contribution < -0.4 is 14.8 Å². The molecule has 1 N–H and O–H groups in total. The van der Waals surface area contributed by atoms with E-state index in [1.54, 1.807) is 14.2 Å². The number of rotatable bonds is 9. The fourth-order valence-corrected chi connectivity index (χ4v) is 2.75. The van der Waals surface area contributed by atoms with Crippen molar-refractivity contribution in [1.29, 1.82) is 0 Å². The maximum absolute atomic E-state index is 5.57. The van der Waals surface area contributed by atoms with Gasteiger partial charge in [0.1, 0.15) is 11.5 Å². The Morgan fingerprint density at radius 1 is 1.00 bits per heavy atom. The van der Waals surface area contributed by atoms with Gasteiger partial charge in [-0.3, -0.25) is 0 Å². The Labute approximate surface area is 123 Å². The molecule has 0 bridgehead atoms. The number of nitrogens with one attached hydrogen (secondary N) is 1. The molecule has 0 spiro atoms. The number of benzene rings is 1. The molecular formula is C17H29NO2. The summed E-state index contributed by atoms with van der Waals surface area (Å²) in [6, 6.07) is 6.28. The average molecular weight is 279 g/mol. The van der Waals surface area contributed by atoms with Gasteiger partial charge in [0.2, 0.25) is 0 Å². The Hall–Kier alpha value is -1.22. The third-order valence-corrected chi connectivity index (χ3v) is 3.91. The van der Waals surface area contributed by atoms with Gasteiger partial charge in [-0.15, -0.1) is 0 Å². The van der Waals surface area contributed by atoms with E-state index in [-0.39, 0.29) is 6.04 Å². The lowest BCUT2D eigenvalue weighted by Gasteiger charge is -2.29. The van der Waals surface area contributed by atoms with E-state index in [9.17, 15) is 0 Å². The fourth-order valence-electron chi connectivity index (χ4n) is 2.75. The normalized spacial score (nSPS) is 12.5. The van der Waals surface area contributed by atoms with Crippen molar-refractivity contribution in [2.75, 3.05) is 20.8 Å². The van der Waals surface area contributed by atoms with E-state index in [1.807, 2.05) is 18.2 Å². The van der Waals surface area contributed by atoms with Crippen LogP contribution in [0.1, 0.15) is 51.6 Å². The lowest BCUT2D eigenvalue weighted by Crippen LogP contribution is -2.29. The molecule has 0 amide bonds. The molecule has 0 radical (unpaired) electrons. The molecule has 1 atom stereocenters. The Kier molecular flexibility index (Phi) is 7.45. The maximum Gasteiger partial charge on any atom is 0.127 e. The van der Waals surface area contributed by atoms with Crippen LogP contribution >= 0.6 is 0 Å². The number of ether oxygens (including phenoxy) is 2. The highest BCUT2D eigenvalue weighted by Crippen LogP contribution is 2.39. The number of methoxy groups -OCH3 is 2. The lowest BCUT2D eigenvalue weighted by atomic mass is 9.87. The molecule has 0 aliphatic carbocycles. The third kappa shape index (κ3) is 3.89. The summed E-state index contributed by atoms with van der Waals surface area (Å²) in [5.41, 5.74) is 1.15. The van der Waals surface area contributed by atoms with Crippen LogP contribution in [0, 0.1) is 5.92 Å². The first kappa shape index (κ1) is 16.8. The van der Waals surface area contributed by atoms with Crippen LogP contribution in [0.15, 0.2) is 18.2 Å². The molecule has 0 aliphatic heterocycles. The molecule has 1 aromatic rings. The van der Waals surface area contributed by atoms with Crippen molar-refractivity contribution in [3.8, 4) is 11.5 Å². The fraction of sp³-hybridized carbons (Fsp3) is 0.647. The van der Waals surface area contributed by atoms with Gasteiger partial charge >= 0.3 is 0 Å². The highest BCUT2D eigenvalue weighted by molar-refractivity contribution is 5.47. The molecule has 0 aliphatic rings. The summed E-state index contributed by atoms with van der Waals surface area (Å²) in [7, 11) is 3.45. The van der Waals surface area contributed by atoms with Crippen molar-refractivity contribution in [1.82, 2.24) is 5.32 Å².